The van der Waals surface area contributed by atoms with Gasteiger partial charge in [0.15, 0.2) is 28.8 Å². The first-order valence-electron chi connectivity index (χ1n) is 27.2. The highest BCUT2D eigenvalue weighted by atomic mass is 35.5. The van der Waals surface area contributed by atoms with Crippen LogP contribution in [-0.4, -0.2) is 113 Å². The molecule has 0 bridgehead atoms. The average Bonchev–Trinajstić information content (AvgIpc) is 4.14. The summed E-state index contributed by atoms with van der Waals surface area (Å²) in [6.07, 6.45) is 8.03. The van der Waals surface area contributed by atoms with Crippen LogP contribution in [0.5, 0.6) is 11.5 Å². The highest BCUT2D eigenvalue weighted by Crippen LogP contribution is 2.57. The first-order chi connectivity index (χ1) is 37.4. The van der Waals surface area contributed by atoms with Crippen LogP contribution in [0.1, 0.15) is 123 Å². The lowest BCUT2D eigenvalue weighted by Gasteiger charge is -2.56. The molecule has 5 fully saturated rings. The van der Waals surface area contributed by atoms with Gasteiger partial charge in [0.1, 0.15) is 29.5 Å². The van der Waals surface area contributed by atoms with E-state index in [1.165, 1.54) is 33.8 Å². The summed E-state index contributed by atoms with van der Waals surface area (Å²) in [7, 11) is 1.57. The summed E-state index contributed by atoms with van der Waals surface area (Å²) >= 11 is 6.74. The number of aliphatic hydroxyl groups excluding tert-OH is 1. The molecule has 4 aromatic carbocycles. The van der Waals surface area contributed by atoms with Crippen molar-refractivity contribution < 1.29 is 51.3 Å². The Balaban J connectivity index is 0.699. The zero-order valence-electron chi connectivity index (χ0n) is 44.0. The lowest BCUT2D eigenvalue weighted by atomic mass is 9.59. The van der Waals surface area contributed by atoms with Gasteiger partial charge in [-0.2, -0.15) is 5.10 Å². The lowest BCUT2D eigenvalue weighted by molar-refractivity contribution is -0.148. The Labute approximate surface area is 454 Å². The van der Waals surface area contributed by atoms with Crippen molar-refractivity contribution in [3.8, 4) is 22.6 Å². The van der Waals surface area contributed by atoms with Crippen LogP contribution in [0.4, 0.5) is 28.2 Å². The van der Waals surface area contributed by atoms with Gasteiger partial charge in [-0.25, -0.2) is 22.4 Å². The summed E-state index contributed by atoms with van der Waals surface area (Å²) in [5.74, 6) is -5.26. The van der Waals surface area contributed by atoms with Gasteiger partial charge in [0.25, 0.3) is 0 Å². The number of amides is 5. The quantitative estimate of drug-likeness (QED) is 0.0831. The number of hydrogen-bond donors (Lipinski definition) is 4. The Bertz CT molecular complexity index is 3200. The number of aryl methyl sites for hydroxylation is 1. The summed E-state index contributed by atoms with van der Waals surface area (Å²) in [6.45, 7) is 6.55. The van der Waals surface area contributed by atoms with E-state index in [0.717, 1.165) is 57.2 Å². The number of rotatable bonds is 13. The zero-order valence-corrected chi connectivity index (χ0v) is 44.8. The van der Waals surface area contributed by atoms with Gasteiger partial charge >= 0.3 is 6.03 Å². The number of anilines is 1. The molecule has 0 unspecified atom stereocenters. The first-order valence-corrected chi connectivity index (χ1v) is 27.6. The minimum Gasteiger partial charge on any atom is -0.488 e. The number of nitrogens with one attached hydrogen (secondary N) is 2. The number of ether oxygens (including phenoxy) is 2. The molecule has 1 aromatic heterocycles. The molecule has 78 heavy (non-hydrogen) atoms. The second-order valence-corrected chi connectivity index (χ2v) is 23.2. The van der Waals surface area contributed by atoms with Crippen molar-refractivity contribution in [2.45, 2.75) is 114 Å². The van der Waals surface area contributed by atoms with E-state index in [2.05, 4.69) is 32.5 Å². The molecule has 1 spiro atoms. The Morgan fingerprint density at radius 2 is 1.62 bits per heavy atom. The fourth-order valence-corrected chi connectivity index (χ4v) is 14.1. The first kappa shape index (κ1) is 53.7. The van der Waals surface area contributed by atoms with Crippen LogP contribution in [0, 0.1) is 34.1 Å². The highest BCUT2D eigenvalue weighted by molar-refractivity contribution is 6.34. The van der Waals surface area contributed by atoms with Crippen LogP contribution in [0.25, 0.3) is 22.0 Å². The van der Waals surface area contributed by atoms with Crippen molar-refractivity contribution >= 4 is 52.1 Å². The van der Waals surface area contributed by atoms with E-state index in [1.807, 2.05) is 37.3 Å². The molecule has 5 N–H and O–H groups in total. The summed E-state index contributed by atoms with van der Waals surface area (Å²) in [5, 5.41) is 19.5. The number of nitrogens with two attached hydrogens (primary N) is 1. The lowest BCUT2D eigenvalue weighted by Crippen LogP contribution is -2.58. The molecule has 414 valence electrons. The van der Waals surface area contributed by atoms with Crippen LogP contribution in [0.3, 0.4) is 0 Å². The number of halogens is 5. The predicted molar refractivity (Wildman–Crippen MR) is 284 cm³/mol. The Hall–Kier alpha value is -6.28. The monoisotopic (exact) mass is 1100 g/mol. The molecule has 6 aliphatic rings. The summed E-state index contributed by atoms with van der Waals surface area (Å²) in [6, 6.07) is 14.2. The number of urea groups is 1. The molecule has 20 heteroatoms. The van der Waals surface area contributed by atoms with E-state index in [0.29, 0.717) is 50.4 Å². The molecule has 4 aliphatic heterocycles. The summed E-state index contributed by atoms with van der Waals surface area (Å²) < 4.78 is 78.3. The van der Waals surface area contributed by atoms with Crippen LogP contribution in [-0.2, 0) is 22.2 Å². The molecule has 5 aromatic rings. The molecule has 15 nitrogen and oxygen atoms in total. The number of fused-ring (bicyclic) bond motifs is 2. The van der Waals surface area contributed by atoms with Gasteiger partial charge in [0.2, 0.25) is 17.7 Å². The molecule has 5 amide bonds. The SMILES string of the molecule is C[C@H]1c2c(cc(F)c(Cl)c2-c2c(C(N)=O)ccc(OCCO)c2F)O[C@]1(CNC1CCC(C)(C(=O)N2CCC3(CC2)CC(N2CCC(c4c(F)cc5c(N6CCC(=O)NC6=O)nn(C)c5c4F)CC2)C3)CC1)c1ccccc1. The van der Waals surface area contributed by atoms with E-state index in [9.17, 15) is 24.3 Å². The van der Waals surface area contributed by atoms with Gasteiger partial charge in [-0.05, 0) is 112 Å². The molecule has 2 aliphatic carbocycles. The van der Waals surface area contributed by atoms with E-state index in [4.69, 9.17) is 26.8 Å². The van der Waals surface area contributed by atoms with Gasteiger partial charge in [0, 0.05) is 91.4 Å². The Kier molecular flexibility index (Phi) is 14.3. The standard InChI is InChI=1S/C58H65ClF4N8O7/c1-32-44-42(28-40(61)48(59)47(44)46-37(52(64)74)9-10-41(49(46)62)77-26-25-72)78-58(32,34-7-5-4-6-8-34)31-65-35-11-16-56(2,17-12-35)54(75)70-23-18-57(19-24-70)29-36(30-57)69-20-13-33(14-21-69)45-39(60)27-38-51(50(45)63)68(3)67-53(38)71-22-15-43(73)66-55(71)76/h4-10,27-28,32-33,35-36,65,72H,11-26,29-31H2,1-3H3,(H2,64,74)(H,66,73,76)/t32-,35?,56?,58-/m0/s1. The Morgan fingerprint density at radius 3 is 2.28 bits per heavy atom. The van der Waals surface area contributed by atoms with Gasteiger partial charge in [-0.1, -0.05) is 55.8 Å². The van der Waals surface area contributed by atoms with Gasteiger partial charge in [-0.3, -0.25) is 29.3 Å². The van der Waals surface area contributed by atoms with Crippen LogP contribution in [0.2, 0.25) is 5.02 Å². The number of hydrogen-bond acceptors (Lipinski definition) is 10. The number of aromatic nitrogens is 2. The van der Waals surface area contributed by atoms with E-state index >= 15 is 17.6 Å². The largest absolute Gasteiger partial charge is 0.488 e. The normalized spacial score (nSPS) is 24.8. The van der Waals surface area contributed by atoms with E-state index in [-0.39, 0.29) is 99.9 Å². The number of aliphatic hydroxyl groups is 1. The molecular weight excluding hydrogens is 1030 g/mol. The van der Waals surface area contributed by atoms with Gasteiger partial charge in [-0.15, -0.1) is 0 Å². The van der Waals surface area contributed by atoms with Crippen LogP contribution in [0.15, 0.2) is 54.6 Å². The molecule has 11 rings (SSSR count). The van der Waals surface area contributed by atoms with Crippen molar-refractivity contribution in [1.82, 2.24) is 30.2 Å². The third kappa shape index (κ3) is 9.24. The maximum atomic E-state index is 16.5. The number of primary amides is 1. The third-order valence-corrected chi connectivity index (χ3v) is 18.8. The van der Waals surface area contributed by atoms with Crippen molar-refractivity contribution in [1.29, 1.82) is 0 Å². The number of carbonyl (C=O) groups is 4. The predicted octanol–water partition coefficient (Wildman–Crippen LogP) is 8.95. The van der Waals surface area contributed by atoms with Crippen molar-refractivity contribution in [2.24, 2.45) is 23.6 Å². The van der Waals surface area contributed by atoms with E-state index < -0.39 is 69.7 Å². The summed E-state index contributed by atoms with van der Waals surface area (Å²) in [5.41, 5.74) is 5.02. The second kappa shape index (κ2) is 20.7. The second-order valence-electron chi connectivity index (χ2n) is 22.8. The van der Waals surface area contributed by atoms with Gasteiger partial charge < -0.3 is 35.4 Å². The number of benzene rings is 4. The topological polar surface area (TPSA) is 185 Å². The minimum absolute atomic E-state index is 0.0211. The van der Waals surface area contributed by atoms with Crippen molar-refractivity contribution in [2.75, 3.05) is 57.4 Å². The molecular formula is C58H65ClF4N8O7. The fraction of sp³-hybridized carbons (Fsp3) is 0.500. The van der Waals surface area contributed by atoms with Gasteiger partial charge in [0.05, 0.1) is 22.6 Å². The molecule has 5 heterocycles. The molecule has 0 radical (unpaired) electrons. The summed E-state index contributed by atoms with van der Waals surface area (Å²) in [4.78, 5) is 57.3. The molecule has 2 saturated carbocycles. The number of piperidine rings is 2. The average molecular weight is 1100 g/mol. The Morgan fingerprint density at radius 1 is 0.910 bits per heavy atom. The number of likely N-dealkylation sites (tertiary alicyclic amines) is 2. The fourth-order valence-electron chi connectivity index (χ4n) is 13.9. The number of carbonyl (C=O) groups excluding carboxylic acids is 4. The minimum atomic E-state index is -1.14. The third-order valence-electron chi connectivity index (χ3n) is 18.4. The molecule has 3 saturated heterocycles. The molecule has 2 atom stereocenters. The number of nitrogens with zero attached hydrogens (tertiary/aromatic N) is 5. The smallest absolute Gasteiger partial charge is 0.329 e. The highest BCUT2D eigenvalue weighted by Gasteiger charge is 2.53. The van der Waals surface area contributed by atoms with Crippen molar-refractivity contribution in [3.05, 3.63) is 105 Å². The number of imide groups is 1. The van der Waals surface area contributed by atoms with Crippen molar-refractivity contribution in [3.63, 3.8) is 0 Å². The van der Waals surface area contributed by atoms with Crippen LogP contribution < -0.4 is 30.7 Å². The zero-order chi connectivity index (χ0) is 55.0. The maximum absolute atomic E-state index is 16.5. The van der Waals surface area contributed by atoms with Crippen LogP contribution >= 0.6 is 11.6 Å². The van der Waals surface area contributed by atoms with E-state index in [1.54, 1.807) is 7.05 Å². The maximum Gasteiger partial charge on any atom is 0.329 e.